The molecule has 128 valence electrons. The summed E-state index contributed by atoms with van der Waals surface area (Å²) in [5.41, 5.74) is -1.53. The molecule has 0 amide bonds. The van der Waals surface area contributed by atoms with Crippen LogP contribution in [-0.4, -0.2) is 50.3 Å². The molecule has 0 radical (unpaired) electrons. The number of carbonyl (C=O) groups excluding carboxylic acids is 4. The highest BCUT2D eigenvalue weighted by Crippen LogP contribution is 2.21. The molecule has 0 atom stereocenters. The normalized spacial score (nSPS) is 9.12. The maximum Gasteiger partial charge on any atom is 0.384 e. The second kappa shape index (κ2) is 10.8. The minimum absolute atomic E-state index is 0.552. The summed E-state index contributed by atoms with van der Waals surface area (Å²) in [7, 11) is 0. The van der Waals surface area contributed by atoms with Gasteiger partial charge in [-0.15, -0.1) is 25.7 Å². The van der Waals surface area contributed by atoms with Crippen molar-refractivity contribution < 1.29 is 38.1 Å². The van der Waals surface area contributed by atoms with Crippen LogP contribution in [0, 0.1) is 54.8 Å². The van der Waals surface area contributed by atoms with E-state index in [9.17, 15) is 19.2 Å². The molecule has 0 aliphatic heterocycles. The van der Waals surface area contributed by atoms with Gasteiger partial charge in [-0.05, 0) is 0 Å². The van der Waals surface area contributed by atoms with Crippen molar-refractivity contribution in [1.82, 2.24) is 0 Å². The Kier molecular flexibility index (Phi) is 9.11. The summed E-state index contributed by atoms with van der Waals surface area (Å²) in [4.78, 5) is 44.7. The second-order valence-corrected chi connectivity index (χ2v) is 4.38. The lowest BCUT2D eigenvalue weighted by atomic mass is 9.92. The molecule has 0 aromatic heterocycles. The van der Waals surface area contributed by atoms with Crippen molar-refractivity contribution in [3.63, 3.8) is 0 Å². The third-order valence-corrected chi connectivity index (χ3v) is 2.51. The molecule has 0 fully saturated rings. The highest BCUT2D eigenvalue weighted by molar-refractivity contribution is 5.89. The van der Waals surface area contributed by atoms with Crippen molar-refractivity contribution in [1.29, 1.82) is 0 Å². The summed E-state index contributed by atoms with van der Waals surface area (Å²) >= 11 is 0. The molecule has 0 aromatic carbocycles. The van der Waals surface area contributed by atoms with Crippen LogP contribution in [0.1, 0.15) is 0 Å². The average Bonchev–Trinajstić information content (AvgIpc) is 2.65. The van der Waals surface area contributed by atoms with Gasteiger partial charge in [-0.25, -0.2) is 19.2 Å². The molecule has 0 aromatic rings. The third kappa shape index (κ3) is 8.35. The first-order valence-electron chi connectivity index (χ1n) is 6.36. The summed E-state index contributed by atoms with van der Waals surface area (Å²) in [6, 6.07) is 0. The molecule has 0 rings (SSSR count). The van der Waals surface area contributed by atoms with Crippen LogP contribution in [-0.2, 0) is 38.1 Å². The van der Waals surface area contributed by atoms with E-state index in [-0.39, 0.29) is 0 Å². The smallest absolute Gasteiger partial charge is 0.384 e. The molecule has 25 heavy (non-hydrogen) atoms. The number of ether oxygens (including phenoxy) is 4. The van der Waals surface area contributed by atoms with Gasteiger partial charge < -0.3 is 18.9 Å². The van der Waals surface area contributed by atoms with Gasteiger partial charge in [-0.2, -0.15) is 0 Å². The van der Waals surface area contributed by atoms with Crippen molar-refractivity contribution in [2.75, 3.05) is 26.4 Å². The van der Waals surface area contributed by atoms with Gasteiger partial charge in [-0.3, -0.25) is 0 Å². The van der Waals surface area contributed by atoms with Gasteiger partial charge >= 0.3 is 23.9 Å². The molecule has 0 aliphatic rings. The van der Waals surface area contributed by atoms with E-state index in [0.29, 0.717) is 0 Å². The Morgan fingerprint density at radius 3 is 0.920 bits per heavy atom. The number of carbonyl (C=O) groups is 4. The van der Waals surface area contributed by atoms with Gasteiger partial charge in [0.1, 0.15) is 31.8 Å². The highest BCUT2D eigenvalue weighted by atomic mass is 16.6. The van der Waals surface area contributed by atoms with E-state index in [0.717, 1.165) is 0 Å². The van der Waals surface area contributed by atoms with Crippen LogP contribution >= 0.6 is 0 Å². The fourth-order valence-corrected chi connectivity index (χ4v) is 1.29. The number of terminal acetylenes is 4. The molecule has 8 nitrogen and oxygen atoms in total. The Morgan fingerprint density at radius 2 is 0.760 bits per heavy atom. The molecule has 0 N–H and O–H groups in total. The molecule has 0 aliphatic carbocycles. The monoisotopic (exact) mass is 344 g/mol. The quantitative estimate of drug-likeness (QED) is 0.231. The van der Waals surface area contributed by atoms with E-state index in [2.05, 4.69) is 0 Å². The average molecular weight is 344 g/mol. The molecule has 0 saturated carbocycles. The Labute approximate surface area is 144 Å². The summed E-state index contributed by atoms with van der Waals surface area (Å²) in [5, 5.41) is 0. The van der Waals surface area contributed by atoms with E-state index in [1.165, 1.54) is 0 Å². The summed E-state index contributed by atoms with van der Waals surface area (Å²) < 4.78 is 19.0. The fourth-order valence-electron chi connectivity index (χ4n) is 1.29. The minimum Gasteiger partial charge on any atom is -0.455 e. The largest absolute Gasteiger partial charge is 0.455 e. The van der Waals surface area contributed by atoms with Gasteiger partial charge in [0, 0.05) is 23.7 Å². The Balaban J connectivity index is 5.41. The summed E-state index contributed by atoms with van der Waals surface area (Å²) in [5.74, 6) is 2.51. The van der Waals surface area contributed by atoms with Gasteiger partial charge in [0.2, 0.25) is 0 Å². The molecule has 8 heteroatoms. The predicted octanol–water partition coefficient (Wildman–Crippen LogP) is -1.32. The van der Waals surface area contributed by atoms with Crippen molar-refractivity contribution in [2.24, 2.45) is 5.41 Å². The van der Waals surface area contributed by atoms with Crippen molar-refractivity contribution >= 4 is 23.9 Å². The Morgan fingerprint density at radius 1 is 0.560 bits per heavy atom. The topological polar surface area (TPSA) is 105 Å². The van der Waals surface area contributed by atoms with Crippen molar-refractivity contribution in [3.8, 4) is 49.4 Å². The van der Waals surface area contributed by atoms with Gasteiger partial charge in [0.15, 0.2) is 0 Å². The van der Waals surface area contributed by atoms with Crippen LogP contribution in [0.5, 0.6) is 0 Å². The predicted molar refractivity (Wildman–Crippen MR) is 81.6 cm³/mol. The fraction of sp³-hybridized carbons (Fsp3) is 0.294. The standard InChI is InChI=1S/C17H12O8/c1-5-13(18)22-9-17(10-23-14(19)6-2,11-24-15(20)7-3)12-25-16(21)8-4/h1-4H,9-12H2. The van der Waals surface area contributed by atoms with E-state index in [1.807, 2.05) is 0 Å². The van der Waals surface area contributed by atoms with E-state index in [4.69, 9.17) is 44.6 Å². The van der Waals surface area contributed by atoms with Crippen LogP contribution in [0.25, 0.3) is 0 Å². The Hall–Kier alpha value is -3.88. The zero-order valence-corrected chi connectivity index (χ0v) is 12.9. The molecule has 0 saturated heterocycles. The summed E-state index contributed by atoms with van der Waals surface area (Å²) in [6.45, 7) is -2.21. The van der Waals surface area contributed by atoms with Crippen LogP contribution in [0.4, 0.5) is 0 Å². The highest BCUT2D eigenvalue weighted by Gasteiger charge is 2.37. The van der Waals surface area contributed by atoms with E-state index >= 15 is 0 Å². The van der Waals surface area contributed by atoms with Crippen LogP contribution in [0.3, 0.4) is 0 Å². The van der Waals surface area contributed by atoms with Gasteiger partial charge in [-0.1, -0.05) is 0 Å². The number of hydrogen-bond donors (Lipinski definition) is 0. The van der Waals surface area contributed by atoms with E-state index in [1.54, 1.807) is 23.7 Å². The zero-order chi connectivity index (χ0) is 19.3. The molecular formula is C17H12O8. The molecule has 0 spiro atoms. The zero-order valence-electron chi connectivity index (χ0n) is 12.9. The first kappa shape index (κ1) is 21.1. The molecule has 0 unspecified atom stereocenters. The molecule has 0 bridgehead atoms. The van der Waals surface area contributed by atoms with Gasteiger partial charge in [0.05, 0.1) is 0 Å². The van der Waals surface area contributed by atoms with E-state index < -0.39 is 55.7 Å². The summed E-state index contributed by atoms with van der Waals surface area (Å²) in [6.07, 6.45) is 19.5. The number of rotatable bonds is 8. The van der Waals surface area contributed by atoms with Crippen LogP contribution in [0.15, 0.2) is 0 Å². The van der Waals surface area contributed by atoms with Gasteiger partial charge in [0.25, 0.3) is 0 Å². The second-order valence-electron chi connectivity index (χ2n) is 4.38. The Bertz CT molecular complexity index is 579. The number of esters is 4. The number of hydrogen-bond acceptors (Lipinski definition) is 8. The minimum atomic E-state index is -1.53. The lowest BCUT2D eigenvalue weighted by Crippen LogP contribution is -2.43. The lowest BCUT2D eigenvalue weighted by Gasteiger charge is -2.30. The van der Waals surface area contributed by atoms with Crippen LogP contribution < -0.4 is 0 Å². The molecule has 0 heterocycles. The van der Waals surface area contributed by atoms with Crippen molar-refractivity contribution in [3.05, 3.63) is 0 Å². The third-order valence-electron chi connectivity index (χ3n) is 2.51. The van der Waals surface area contributed by atoms with Crippen LogP contribution in [0.2, 0.25) is 0 Å². The van der Waals surface area contributed by atoms with Crippen molar-refractivity contribution in [2.45, 2.75) is 0 Å². The first-order chi connectivity index (χ1) is 11.8. The lowest BCUT2D eigenvalue weighted by molar-refractivity contribution is -0.163. The first-order valence-corrected chi connectivity index (χ1v) is 6.36. The maximum absolute atomic E-state index is 11.2. The molecular weight excluding hydrogens is 332 g/mol. The maximum atomic E-state index is 11.2. The SMILES string of the molecule is C#CC(=O)OCC(COC(=O)C#C)(COC(=O)C#C)COC(=O)C#C.